The van der Waals surface area contributed by atoms with Crippen LogP contribution in [0.15, 0.2) is 24.3 Å². The molecule has 4 heteroatoms. The molecular weight excluding hydrogens is 208 g/mol. The van der Waals surface area contributed by atoms with Gasteiger partial charge in [0, 0.05) is 0 Å². The second kappa shape index (κ2) is 4.79. The monoisotopic (exact) mass is 222 g/mol. The molecule has 0 aliphatic heterocycles. The van der Waals surface area contributed by atoms with Crippen LogP contribution in [0, 0.1) is 5.41 Å². The van der Waals surface area contributed by atoms with Crippen molar-refractivity contribution in [3.8, 4) is 5.75 Å². The van der Waals surface area contributed by atoms with Gasteiger partial charge in [0.25, 0.3) is 0 Å². The minimum absolute atomic E-state index is 0.0210. The number of aldehydes is 1. The van der Waals surface area contributed by atoms with E-state index in [-0.39, 0.29) is 6.61 Å². The van der Waals surface area contributed by atoms with Crippen LogP contribution >= 0.6 is 0 Å². The zero-order valence-electron chi connectivity index (χ0n) is 9.27. The predicted octanol–water partition coefficient (Wildman–Crippen LogP) is 1.99. The molecule has 1 rings (SSSR count). The lowest BCUT2D eigenvalue weighted by Gasteiger charge is -2.19. The maximum atomic E-state index is 10.8. The van der Waals surface area contributed by atoms with E-state index >= 15 is 0 Å². The van der Waals surface area contributed by atoms with Gasteiger partial charge < -0.3 is 9.84 Å². The van der Waals surface area contributed by atoms with Crippen molar-refractivity contribution in [2.45, 2.75) is 13.8 Å². The van der Waals surface area contributed by atoms with E-state index in [4.69, 9.17) is 9.84 Å². The van der Waals surface area contributed by atoms with Crippen LogP contribution in [0.4, 0.5) is 0 Å². The first kappa shape index (κ1) is 12.2. The third-order valence-corrected chi connectivity index (χ3v) is 2.21. The number of hydrogen-bond acceptors (Lipinski definition) is 3. The largest absolute Gasteiger partial charge is 0.492 e. The van der Waals surface area contributed by atoms with Crippen molar-refractivity contribution in [1.82, 2.24) is 0 Å². The first-order valence-electron chi connectivity index (χ1n) is 4.88. The van der Waals surface area contributed by atoms with E-state index in [9.17, 15) is 9.59 Å². The summed E-state index contributed by atoms with van der Waals surface area (Å²) in [6.07, 6.45) is 0.684. The Morgan fingerprint density at radius 2 is 2.06 bits per heavy atom. The average molecular weight is 222 g/mol. The topological polar surface area (TPSA) is 63.6 Å². The van der Waals surface area contributed by atoms with Crippen LogP contribution in [0.3, 0.4) is 0 Å². The molecular formula is C12H14O4. The Morgan fingerprint density at radius 1 is 1.44 bits per heavy atom. The van der Waals surface area contributed by atoms with Gasteiger partial charge in [0.05, 0.1) is 11.0 Å². The minimum Gasteiger partial charge on any atom is -0.492 e. The van der Waals surface area contributed by atoms with Crippen molar-refractivity contribution in [2.24, 2.45) is 5.41 Å². The SMILES string of the molecule is CC(C)(COc1ccccc1C=O)C(=O)O. The standard InChI is InChI=1S/C12H14O4/c1-12(2,11(14)15)8-16-10-6-4-3-5-9(10)7-13/h3-7H,8H2,1-2H3,(H,14,15). The molecule has 0 aliphatic rings. The highest BCUT2D eigenvalue weighted by Crippen LogP contribution is 2.21. The van der Waals surface area contributed by atoms with E-state index in [0.29, 0.717) is 17.6 Å². The summed E-state index contributed by atoms with van der Waals surface area (Å²) in [6, 6.07) is 6.72. The summed E-state index contributed by atoms with van der Waals surface area (Å²) < 4.78 is 5.34. The fourth-order valence-electron chi connectivity index (χ4n) is 1.03. The summed E-state index contributed by atoms with van der Waals surface area (Å²) in [4.78, 5) is 21.5. The molecule has 0 heterocycles. The Labute approximate surface area is 93.9 Å². The van der Waals surface area contributed by atoms with E-state index in [1.807, 2.05) is 0 Å². The van der Waals surface area contributed by atoms with E-state index in [1.165, 1.54) is 0 Å². The molecule has 4 nitrogen and oxygen atoms in total. The number of aliphatic carboxylic acids is 1. The Bertz CT molecular complexity index is 396. The van der Waals surface area contributed by atoms with Crippen LogP contribution in [-0.4, -0.2) is 24.0 Å². The molecule has 0 aliphatic carbocycles. The van der Waals surface area contributed by atoms with Crippen LogP contribution in [0.2, 0.25) is 0 Å². The lowest BCUT2D eigenvalue weighted by molar-refractivity contribution is -0.148. The molecule has 0 saturated heterocycles. The van der Waals surface area contributed by atoms with Crippen LogP contribution < -0.4 is 4.74 Å². The quantitative estimate of drug-likeness (QED) is 0.774. The fourth-order valence-corrected chi connectivity index (χ4v) is 1.03. The van der Waals surface area contributed by atoms with E-state index in [1.54, 1.807) is 38.1 Å². The molecule has 0 spiro atoms. The first-order chi connectivity index (χ1) is 7.47. The van der Waals surface area contributed by atoms with Gasteiger partial charge in [0.1, 0.15) is 12.4 Å². The van der Waals surface area contributed by atoms with Gasteiger partial charge in [-0.15, -0.1) is 0 Å². The molecule has 1 N–H and O–H groups in total. The van der Waals surface area contributed by atoms with Gasteiger partial charge in [-0.1, -0.05) is 12.1 Å². The van der Waals surface area contributed by atoms with Gasteiger partial charge in [-0.3, -0.25) is 9.59 Å². The van der Waals surface area contributed by atoms with Crippen LogP contribution in [-0.2, 0) is 4.79 Å². The molecule has 0 radical (unpaired) electrons. The maximum absolute atomic E-state index is 10.8. The zero-order valence-corrected chi connectivity index (χ0v) is 9.27. The van der Waals surface area contributed by atoms with Crippen LogP contribution in [0.1, 0.15) is 24.2 Å². The fraction of sp³-hybridized carbons (Fsp3) is 0.333. The molecule has 0 amide bonds. The van der Waals surface area contributed by atoms with Gasteiger partial charge in [0.15, 0.2) is 6.29 Å². The van der Waals surface area contributed by atoms with Crippen molar-refractivity contribution in [3.63, 3.8) is 0 Å². The Hall–Kier alpha value is -1.84. The second-order valence-electron chi connectivity index (χ2n) is 4.13. The molecule has 0 aromatic heterocycles. The summed E-state index contributed by atoms with van der Waals surface area (Å²) >= 11 is 0. The van der Waals surface area contributed by atoms with Crippen molar-refractivity contribution >= 4 is 12.3 Å². The van der Waals surface area contributed by atoms with Gasteiger partial charge >= 0.3 is 5.97 Å². The highest BCUT2D eigenvalue weighted by Gasteiger charge is 2.28. The van der Waals surface area contributed by atoms with Crippen molar-refractivity contribution in [2.75, 3.05) is 6.61 Å². The molecule has 0 saturated carbocycles. The summed E-state index contributed by atoms with van der Waals surface area (Å²) in [6.45, 7) is 3.16. The number of carbonyl (C=O) groups excluding carboxylic acids is 1. The molecule has 16 heavy (non-hydrogen) atoms. The van der Waals surface area contributed by atoms with Crippen molar-refractivity contribution < 1.29 is 19.4 Å². The number of carboxylic acids is 1. The van der Waals surface area contributed by atoms with Gasteiger partial charge in [-0.05, 0) is 26.0 Å². The molecule has 0 unspecified atom stereocenters. The third-order valence-electron chi connectivity index (χ3n) is 2.21. The summed E-state index contributed by atoms with van der Waals surface area (Å²) in [5.74, 6) is -0.525. The smallest absolute Gasteiger partial charge is 0.312 e. The zero-order chi connectivity index (χ0) is 12.2. The highest BCUT2D eigenvalue weighted by molar-refractivity contribution is 5.79. The van der Waals surface area contributed by atoms with Crippen molar-refractivity contribution in [1.29, 1.82) is 0 Å². The van der Waals surface area contributed by atoms with E-state index in [0.717, 1.165) is 0 Å². The molecule has 0 atom stereocenters. The Morgan fingerprint density at radius 3 is 2.62 bits per heavy atom. The van der Waals surface area contributed by atoms with Crippen molar-refractivity contribution in [3.05, 3.63) is 29.8 Å². The highest BCUT2D eigenvalue weighted by atomic mass is 16.5. The predicted molar refractivity (Wildman–Crippen MR) is 58.7 cm³/mol. The average Bonchev–Trinajstić information content (AvgIpc) is 2.26. The Balaban J connectivity index is 2.75. The number of carboxylic acid groups (broad SMARTS) is 1. The van der Waals surface area contributed by atoms with Gasteiger partial charge in [-0.2, -0.15) is 0 Å². The second-order valence-corrected chi connectivity index (χ2v) is 4.13. The number of para-hydroxylation sites is 1. The molecule has 1 aromatic rings. The summed E-state index contributed by atoms with van der Waals surface area (Å²) in [5.41, 5.74) is -0.556. The normalized spacial score (nSPS) is 10.9. The maximum Gasteiger partial charge on any atom is 0.312 e. The number of hydrogen-bond donors (Lipinski definition) is 1. The summed E-state index contributed by atoms with van der Waals surface area (Å²) in [7, 11) is 0. The number of benzene rings is 1. The van der Waals surface area contributed by atoms with Gasteiger partial charge in [-0.25, -0.2) is 0 Å². The molecule has 86 valence electrons. The van der Waals surface area contributed by atoms with Gasteiger partial charge in [0.2, 0.25) is 0 Å². The first-order valence-corrected chi connectivity index (χ1v) is 4.88. The minimum atomic E-state index is -0.976. The lowest BCUT2D eigenvalue weighted by atomic mass is 9.95. The van der Waals surface area contributed by atoms with E-state index < -0.39 is 11.4 Å². The molecule has 0 bridgehead atoms. The lowest BCUT2D eigenvalue weighted by Crippen LogP contribution is -2.30. The van der Waals surface area contributed by atoms with Crippen LogP contribution in [0.5, 0.6) is 5.75 Å². The third kappa shape index (κ3) is 2.82. The van der Waals surface area contributed by atoms with Crippen LogP contribution in [0.25, 0.3) is 0 Å². The summed E-state index contributed by atoms with van der Waals surface area (Å²) in [5, 5.41) is 8.90. The molecule has 0 fully saturated rings. The number of ether oxygens (including phenoxy) is 1. The number of carbonyl (C=O) groups is 2. The number of rotatable bonds is 5. The Kier molecular flexibility index (Phi) is 3.66. The molecule has 1 aromatic carbocycles. The van der Waals surface area contributed by atoms with E-state index in [2.05, 4.69) is 0 Å².